The van der Waals surface area contributed by atoms with E-state index in [1.807, 2.05) is 20.1 Å². The molecule has 1 aromatic carbocycles. The lowest BCUT2D eigenvalue weighted by molar-refractivity contribution is -0.0150. The second-order valence-electron chi connectivity index (χ2n) is 7.16. The third-order valence-electron chi connectivity index (χ3n) is 4.78. The molecule has 0 spiro atoms. The molecule has 0 aromatic heterocycles. The lowest BCUT2D eigenvalue weighted by atomic mass is 9.91. The number of methoxy groups -OCH3 is 1. The van der Waals surface area contributed by atoms with Gasteiger partial charge in [0.25, 0.3) is 0 Å². The van der Waals surface area contributed by atoms with Crippen molar-refractivity contribution < 1.29 is 4.74 Å². The van der Waals surface area contributed by atoms with Gasteiger partial charge in [-0.1, -0.05) is 45.0 Å². The molecular weight excluding hydrogens is 332 g/mol. The second-order valence-corrected chi connectivity index (χ2v) is 7.16. The van der Waals surface area contributed by atoms with Crippen LogP contribution in [0.2, 0.25) is 0 Å². The average Bonchev–Trinajstić information content (AvgIpc) is 3.16. The Kier molecular flexibility index (Phi) is 17.4. The summed E-state index contributed by atoms with van der Waals surface area (Å²) in [4.78, 5) is 2.21. The molecule has 1 N–H and O–H groups in total. The van der Waals surface area contributed by atoms with Crippen molar-refractivity contribution in [3.05, 3.63) is 43.0 Å². The van der Waals surface area contributed by atoms with Crippen LogP contribution in [0.25, 0.3) is 0 Å². The minimum Gasteiger partial charge on any atom is -0.378 e. The summed E-state index contributed by atoms with van der Waals surface area (Å²) in [7, 11) is 3.93. The fraction of sp³-hybridized carbons (Fsp3) is 0.667. The zero-order valence-corrected chi connectivity index (χ0v) is 18.1. The molecule has 0 amide bonds. The molecule has 1 aromatic rings. The van der Waals surface area contributed by atoms with E-state index in [4.69, 9.17) is 4.74 Å². The normalized spacial score (nSPS) is 17.2. The minimum atomic E-state index is 0. The summed E-state index contributed by atoms with van der Waals surface area (Å²) in [5.41, 5.74) is 1.38. The molecule has 1 heterocycles. The van der Waals surface area contributed by atoms with Gasteiger partial charge in [0, 0.05) is 32.4 Å². The molecule has 158 valence electrons. The van der Waals surface area contributed by atoms with Gasteiger partial charge in [-0.3, -0.25) is 0 Å². The molecule has 1 unspecified atom stereocenters. The SMILES string of the molecule is C.C=CC.CCC[C@@](C)(CC1CCCN1)OC.CCN(C)c1ccccc1. The van der Waals surface area contributed by atoms with Crippen LogP contribution in [-0.2, 0) is 4.74 Å². The maximum absolute atomic E-state index is 5.60. The smallest absolute Gasteiger partial charge is 0.0665 e. The van der Waals surface area contributed by atoms with E-state index in [1.165, 1.54) is 37.9 Å². The Labute approximate surface area is 170 Å². The van der Waals surface area contributed by atoms with Crippen molar-refractivity contribution in [2.75, 3.05) is 32.1 Å². The van der Waals surface area contributed by atoms with Gasteiger partial charge in [-0.2, -0.15) is 0 Å². The predicted molar refractivity (Wildman–Crippen MR) is 124 cm³/mol. The number of hydrogen-bond acceptors (Lipinski definition) is 3. The number of para-hydroxylation sites is 1. The van der Waals surface area contributed by atoms with E-state index in [-0.39, 0.29) is 13.0 Å². The van der Waals surface area contributed by atoms with Crippen LogP contribution in [0, 0.1) is 0 Å². The molecule has 2 atom stereocenters. The van der Waals surface area contributed by atoms with Crippen molar-refractivity contribution in [3.8, 4) is 0 Å². The van der Waals surface area contributed by atoms with Gasteiger partial charge in [-0.25, -0.2) is 0 Å². The molecule has 27 heavy (non-hydrogen) atoms. The van der Waals surface area contributed by atoms with Gasteiger partial charge in [0.05, 0.1) is 5.60 Å². The molecule has 3 heteroatoms. The Morgan fingerprint density at radius 3 is 2.30 bits per heavy atom. The lowest BCUT2D eigenvalue weighted by Gasteiger charge is -2.30. The number of allylic oxidation sites excluding steroid dienone is 1. The summed E-state index contributed by atoms with van der Waals surface area (Å²) in [5.74, 6) is 0. The quantitative estimate of drug-likeness (QED) is 0.563. The number of nitrogens with one attached hydrogen (secondary N) is 1. The highest BCUT2D eigenvalue weighted by Crippen LogP contribution is 2.25. The lowest BCUT2D eigenvalue weighted by Crippen LogP contribution is -2.36. The summed E-state index contributed by atoms with van der Waals surface area (Å²) >= 11 is 0. The first kappa shape index (κ1) is 27.9. The molecule has 0 bridgehead atoms. The highest BCUT2D eigenvalue weighted by atomic mass is 16.5. The van der Waals surface area contributed by atoms with Crippen LogP contribution >= 0.6 is 0 Å². The fourth-order valence-electron chi connectivity index (χ4n) is 3.13. The summed E-state index contributed by atoms with van der Waals surface area (Å²) in [6.45, 7) is 14.1. The third-order valence-corrected chi connectivity index (χ3v) is 4.78. The number of anilines is 1. The Morgan fingerprint density at radius 2 is 1.89 bits per heavy atom. The van der Waals surface area contributed by atoms with Gasteiger partial charge in [0.2, 0.25) is 0 Å². The number of nitrogens with zero attached hydrogens (tertiary/aromatic N) is 1. The van der Waals surface area contributed by atoms with E-state index < -0.39 is 0 Å². The van der Waals surface area contributed by atoms with Crippen LogP contribution in [0.4, 0.5) is 5.69 Å². The van der Waals surface area contributed by atoms with E-state index in [9.17, 15) is 0 Å². The van der Waals surface area contributed by atoms with Crippen LogP contribution in [-0.4, -0.2) is 38.9 Å². The Hall–Kier alpha value is -1.32. The first-order valence-corrected chi connectivity index (χ1v) is 10.1. The molecular formula is C24H46N2O. The van der Waals surface area contributed by atoms with E-state index in [0.29, 0.717) is 6.04 Å². The van der Waals surface area contributed by atoms with Crippen molar-refractivity contribution in [1.29, 1.82) is 0 Å². The molecule has 1 aliphatic heterocycles. The summed E-state index contributed by atoms with van der Waals surface area (Å²) in [6.07, 6.45) is 7.94. The average molecular weight is 379 g/mol. The molecule has 1 aliphatic rings. The Bertz CT molecular complexity index is 443. The van der Waals surface area contributed by atoms with Gasteiger partial charge in [0.15, 0.2) is 0 Å². The number of rotatable bonds is 7. The first-order chi connectivity index (χ1) is 12.5. The molecule has 1 fully saturated rings. The van der Waals surface area contributed by atoms with Crippen LogP contribution < -0.4 is 10.2 Å². The molecule has 2 rings (SSSR count). The van der Waals surface area contributed by atoms with Gasteiger partial charge < -0.3 is 15.0 Å². The number of hydrogen-bond donors (Lipinski definition) is 1. The van der Waals surface area contributed by atoms with E-state index >= 15 is 0 Å². The summed E-state index contributed by atoms with van der Waals surface area (Å²) in [5, 5.41) is 3.52. The minimum absolute atomic E-state index is 0. The zero-order chi connectivity index (χ0) is 19.8. The van der Waals surface area contributed by atoms with E-state index in [1.54, 1.807) is 6.08 Å². The Morgan fingerprint density at radius 1 is 1.30 bits per heavy atom. The van der Waals surface area contributed by atoms with Crippen LogP contribution in [0.3, 0.4) is 0 Å². The number of benzene rings is 1. The van der Waals surface area contributed by atoms with Gasteiger partial charge in [-0.15, -0.1) is 6.58 Å². The second kappa shape index (κ2) is 16.8. The zero-order valence-electron chi connectivity index (χ0n) is 18.1. The van der Waals surface area contributed by atoms with Crippen LogP contribution in [0.5, 0.6) is 0 Å². The van der Waals surface area contributed by atoms with Gasteiger partial charge >= 0.3 is 0 Å². The van der Waals surface area contributed by atoms with E-state index in [0.717, 1.165) is 13.0 Å². The standard InChI is InChI=1S/C11H23NO.C9H13N.C3H6.CH4/c1-4-7-11(2,13-3)9-10-6-5-8-12-10;1-3-10(2)9-7-5-4-6-8-9;1-3-2;/h10,12H,4-9H2,1-3H3;4-8H,3H2,1-2H3;3H,1H2,2H3;1H4/t10?,11-;;;/m0.../s1. The maximum Gasteiger partial charge on any atom is 0.0665 e. The van der Waals surface area contributed by atoms with Crippen LogP contribution in [0.15, 0.2) is 43.0 Å². The molecule has 3 nitrogen and oxygen atoms in total. The first-order valence-electron chi connectivity index (χ1n) is 10.1. The topological polar surface area (TPSA) is 24.5 Å². The van der Waals surface area contributed by atoms with Crippen molar-refractivity contribution in [2.24, 2.45) is 0 Å². The predicted octanol–water partition coefficient (Wildman–Crippen LogP) is 6.30. The largest absolute Gasteiger partial charge is 0.378 e. The molecule has 1 saturated heterocycles. The van der Waals surface area contributed by atoms with Crippen molar-refractivity contribution >= 4 is 5.69 Å². The summed E-state index contributed by atoms with van der Waals surface area (Å²) < 4.78 is 5.60. The fourth-order valence-corrected chi connectivity index (χ4v) is 3.13. The monoisotopic (exact) mass is 378 g/mol. The molecule has 0 saturated carbocycles. The summed E-state index contributed by atoms with van der Waals surface area (Å²) in [6, 6.07) is 11.1. The molecule has 0 aliphatic carbocycles. The van der Waals surface area contributed by atoms with Crippen molar-refractivity contribution in [3.63, 3.8) is 0 Å². The Balaban J connectivity index is 0. The third kappa shape index (κ3) is 12.6. The van der Waals surface area contributed by atoms with E-state index in [2.05, 4.69) is 68.9 Å². The van der Waals surface area contributed by atoms with Gasteiger partial charge in [-0.05, 0) is 65.1 Å². The van der Waals surface area contributed by atoms with Crippen LogP contribution in [0.1, 0.15) is 67.2 Å². The van der Waals surface area contributed by atoms with Gasteiger partial charge in [0.1, 0.15) is 0 Å². The van der Waals surface area contributed by atoms with Crippen molar-refractivity contribution in [2.45, 2.75) is 78.9 Å². The highest BCUT2D eigenvalue weighted by molar-refractivity contribution is 5.44. The molecule has 0 radical (unpaired) electrons. The highest BCUT2D eigenvalue weighted by Gasteiger charge is 2.28. The maximum atomic E-state index is 5.60. The number of ether oxygens (including phenoxy) is 1. The van der Waals surface area contributed by atoms with Crippen molar-refractivity contribution in [1.82, 2.24) is 5.32 Å².